The van der Waals surface area contributed by atoms with Gasteiger partial charge < -0.3 is 19.3 Å². The molecule has 1 saturated heterocycles. The van der Waals surface area contributed by atoms with Crippen molar-refractivity contribution in [2.24, 2.45) is 0 Å². The number of carbonyl (C=O) groups is 1. The van der Waals surface area contributed by atoms with E-state index in [0.717, 1.165) is 5.56 Å². The van der Waals surface area contributed by atoms with Crippen LogP contribution in [0.25, 0.3) is 11.3 Å². The Morgan fingerprint density at radius 2 is 1.62 bits per heavy atom. The van der Waals surface area contributed by atoms with Gasteiger partial charge in [0.15, 0.2) is 23.1 Å². The lowest BCUT2D eigenvalue weighted by Crippen LogP contribution is -2.49. The normalized spacial score (nSPS) is 15.2. The van der Waals surface area contributed by atoms with Gasteiger partial charge in [-0.25, -0.2) is 23.1 Å². The van der Waals surface area contributed by atoms with E-state index in [1.165, 1.54) is 4.90 Å². The molecule has 0 bridgehead atoms. The van der Waals surface area contributed by atoms with E-state index in [9.17, 15) is 18.0 Å². The number of nitrogens with zero attached hydrogens (tertiary/aromatic N) is 4. The number of amides is 1. The molecular formula is C22H17F3N4O3. The summed E-state index contributed by atoms with van der Waals surface area (Å²) in [7, 11) is 0. The standard InChI is InChI=1S/C22H17F3N4O3/c23-15-11-17(25)16(24)10-14(15)21(30)28-5-7-29(8-6-28)22-26-4-3-18(27-22)13-1-2-19-20(9-13)32-12-31-19/h1-4,9-11H,5-8,12H2. The highest BCUT2D eigenvalue weighted by atomic mass is 19.2. The maximum Gasteiger partial charge on any atom is 0.257 e. The van der Waals surface area contributed by atoms with Crippen molar-refractivity contribution in [3.63, 3.8) is 0 Å². The van der Waals surface area contributed by atoms with Crippen LogP contribution >= 0.6 is 0 Å². The molecule has 2 aliphatic rings. The zero-order chi connectivity index (χ0) is 22.2. The second-order valence-electron chi connectivity index (χ2n) is 7.34. The summed E-state index contributed by atoms with van der Waals surface area (Å²) in [5.74, 6) is -2.54. The largest absolute Gasteiger partial charge is 0.454 e. The first-order valence-electron chi connectivity index (χ1n) is 9.91. The zero-order valence-electron chi connectivity index (χ0n) is 16.7. The monoisotopic (exact) mass is 442 g/mol. The Balaban J connectivity index is 1.29. The minimum atomic E-state index is -1.33. The molecule has 3 aromatic rings. The Labute approximate surface area is 181 Å². The predicted molar refractivity (Wildman–Crippen MR) is 108 cm³/mol. The van der Waals surface area contributed by atoms with Crippen LogP contribution in [-0.4, -0.2) is 53.7 Å². The van der Waals surface area contributed by atoms with E-state index in [-0.39, 0.29) is 19.9 Å². The Morgan fingerprint density at radius 3 is 2.44 bits per heavy atom. The van der Waals surface area contributed by atoms with Crippen LogP contribution in [0.4, 0.5) is 19.1 Å². The highest BCUT2D eigenvalue weighted by Gasteiger charge is 2.26. The van der Waals surface area contributed by atoms with Gasteiger partial charge in [-0.2, -0.15) is 0 Å². The number of benzene rings is 2. The number of carbonyl (C=O) groups excluding carboxylic acids is 1. The Morgan fingerprint density at radius 1 is 0.875 bits per heavy atom. The number of aromatic nitrogens is 2. The molecule has 3 heterocycles. The minimum Gasteiger partial charge on any atom is -0.454 e. The van der Waals surface area contributed by atoms with Crippen molar-refractivity contribution in [2.45, 2.75) is 0 Å². The molecule has 0 spiro atoms. The van der Waals surface area contributed by atoms with Crippen molar-refractivity contribution in [1.29, 1.82) is 0 Å². The van der Waals surface area contributed by atoms with E-state index in [1.807, 2.05) is 23.1 Å². The third-order valence-electron chi connectivity index (χ3n) is 5.40. The van der Waals surface area contributed by atoms with Gasteiger partial charge in [0.2, 0.25) is 12.7 Å². The molecule has 5 rings (SSSR count). The van der Waals surface area contributed by atoms with Crippen LogP contribution in [0.3, 0.4) is 0 Å². The molecule has 1 amide bonds. The fourth-order valence-electron chi connectivity index (χ4n) is 3.68. The number of anilines is 1. The summed E-state index contributed by atoms with van der Waals surface area (Å²) in [4.78, 5) is 24.8. The van der Waals surface area contributed by atoms with Gasteiger partial charge in [0.1, 0.15) is 5.82 Å². The molecule has 0 radical (unpaired) electrons. The molecule has 0 aliphatic carbocycles. The van der Waals surface area contributed by atoms with Crippen LogP contribution in [0.1, 0.15) is 10.4 Å². The lowest BCUT2D eigenvalue weighted by molar-refractivity contribution is 0.0740. The molecule has 2 aromatic carbocycles. The van der Waals surface area contributed by atoms with E-state index in [0.29, 0.717) is 48.4 Å². The summed E-state index contributed by atoms with van der Waals surface area (Å²) in [6.07, 6.45) is 1.65. The first-order valence-corrected chi connectivity index (χ1v) is 9.91. The summed E-state index contributed by atoms with van der Waals surface area (Å²) in [5.41, 5.74) is 1.06. The molecule has 32 heavy (non-hydrogen) atoms. The highest BCUT2D eigenvalue weighted by molar-refractivity contribution is 5.94. The molecule has 7 nitrogen and oxygen atoms in total. The Hall–Kier alpha value is -3.82. The fourth-order valence-corrected chi connectivity index (χ4v) is 3.68. The van der Waals surface area contributed by atoms with Gasteiger partial charge >= 0.3 is 0 Å². The molecule has 1 aromatic heterocycles. The third-order valence-corrected chi connectivity index (χ3v) is 5.40. The van der Waals surface area contributed by atoms with E-state index < -0.39 is 28.9 Å². The quantitative estimate of drug-likeness (QED) is 0.581. The number of fused-ring (bicyclic) bond motifs is 1. The van der Waals surface area contributed by atoms with Gasteiger partial charge in [0.05, 0.1) is 11.3 Å². The Kier molecular flexibility index (Phi) is 5.04. The molecule has 0 atom stereocenters. The number of rotatable bonds is 3. The summed E-state index contributed by atoms with van der Waals surface area (Å²) < 4.78 is 51.3. The maximum absolute atomic E-state index is 14.0. The number of hydrogen-bond donors (Lipinski definition) is 0. The van der Waals surface area contributed by atoms with Crippen molar-refractivity contribution in [2.75, 3.05) is 37.9 Å². The van der Waals surface area contributed by atoms with Gasteiger partial charge in [0, 0.05) is 44.0 Å². The molecule has 0 saturated carbocycles. The van der Waals surface area contributed by atoms with Gasteiger partial charge in [-0.3, -0.25) is 4.79 Å². The van der Waals surface area contributed by atoms with Crippen LogP contribution in [-0.2, 0) is 0 Å². The van der Waals surface area contributed by atoms with E-state index >= 15 is 0 Å². The fraction of sp³-hybridized carbons (Fsp3) is 0.227. The molecule has 0 N–H and O–H groups in total. The summed E-state index contributed by atoms with van der Waals surface area (Å²) in [5, 5.41) is 0. The molecule has 164 valence electrons. The van der Waals surface area contributed by atoms with Gasteiger partial charge in [-0.15, -0.1) is 0 Å². The second-order valence-corrected chi connectivity index (χ2v) is 7.34. The van der Waals surface area contributed by atoms with Crippen molar-refractivity contribution >= 4 is 11.9 Å². The summed E-state index contributed by atoms with van der Waals surface area (Å²) in [6, 6.07) is 8.31. The van der Waals surface area contributed by atoms with Gasteiger partial charge in [-0.1, -0.05) is 0 Å². The SMILES string of the molecule is O=C(c1cc(F)c(F)cc1F)N1CCN(c2nccc(-c3ccc4c(c3)OCO4)n2)CC1. The van der Waals surface area contributed by atoms with Crippen LogP contribution in [0, 0.1) is 17.5 Å². The van der Waals surface area contributed by atoms with Crippen LogP contribution in [0.2, 0.25) is 0 Å². The van der Waals surface area contributed by atoms with E-state index in [1.54, 1.807) is 12.3 Å². The van der Waals surface area contributed by atoms with Gasteiger partial charge in [0.25, 0.3) is 5.91 Å². The molecule has 0 unspecified atom stereocenters. The smallest absolute Gasteiger partial charge is 0.257 e. The number of halogens is 3. The van der Waals surface area contributed by atoms with Crippen LogP contribution in [0.5, 0.6) is 11.5 Å². The topological polar surface area (TPSA) is 67.8 Å². The second kappa shape index (κ2) is 8.03. The zero-order valence-corrected chi connectivity index (χ0v) is 16.7. The van der Waals surface area contributed by atoms with Gasteiger partial charge in [-0.05, 0) is 30.3 Å². The average Bonchev–Trinajstić information content (AvgIpc) is 3.29. The predicted octanol–water partition coefficient (Wildman–Crippen LogP) is 3.25. The molecule has 2 aliphatic heterocycles. The lowest BCUT2D eigenvalue weighted by atomic mass is 10.1. The van der Waals surface area contributed by atoms with Crippen molar-refractivity contribution in [3.8, 4) is 22.8 Å². The Bertz CT molecular complexity index is 1200. The van der Waals surface area contributed by atoms with E-state index in [2.05, 4.69) is 9.97 Å². The van der Waals surface area contributed by atoms with Crippen molar-refractivity contribution in [1.82, 2.24) is 14.9 Å². The number of hydrogen-bond acceptors (Lipinski definition) is 6. The molecule has 10 heteroatoms. The van der Waals surface area contributed by atoms with Crippen molar-refractivity contribution < 1.29 is 27.4 Å². The van der Waals surface area contributed by atoms with Crippen molar-refractivity contribution in [3.05, 3.63) is 65.6 Å². The molecular weight excluding hydrogens is 425 g/mol. The molecule has 1 fully saturated rings. The van der Waals surface area contributed by atoms with E-state index in [4.69, 9.17) is 9.47 Å². The van der Waals surface area contributed by atoms with Crippen LogP contribution < -0.4 is 14.4 Å². The number of ether oxygens (including phenoxy) is 2. The minimum absolute atomic E-state index is 0.186. The summed E-state index contributed by atoms with van der Waals surface area (Å²) >= 11 is 0. The first-order chi connectivity index (χ1) is 15.5. The highest BCUT2D eigenvalue weighted by Crippen LogP contribution is 2.35. The maximum atomic E-state index is 14.0. The third kappa shape index (κ3) is 3.68. The lowest BCUT2D eigenvalue weighted by Gasteiger charge is -2.34. The summed E-state index contributed by atoms with van der Waals surface area (Å²) in [6.45, 7) is 1.51. The number of piperazine rings is 1. The first kappa shape index (κ1) is 20.1. The van der Waals surface area contributed by atoms with Crippen LogP contribution in [0.15, 0.2) is 42.6 Å². The average molecular weight is 442 g/mol.